The molecule has 4 aromatic rings. The van der Waals surface area contributed by atoms with Crippen molar-refractivity contribution in [2.24, 2.45) is 14.1 Å². The van der Waals surface area contributed by atoms with E-state index in [-0.39, 0.29) is 22.9 Å². The zero-order valence-electron chi connectivity index (χ0n) is 18.4. The molecule has 1 amide bonds. The molecule has 2 aromatic heterocycles. The van der Waals surface area contributed by atoms with Gasteiger partial charge < -0.3 is 9.88 Å². The first-order valence-corrected chi connectivity index (χ1v) is 11.1. The molecule has 0 aliphatic heterocycles. The summed E-state index contributed by atoms with van der Waals surface area (Å²) < 4.78 is 5.13. The number of carbonyl (C=O) groups excluding carboxylic acids is 1. The van der Waals surface area contributed by atoms with Crippen LogP contribution in [0.4, 0.5) is 5.69 Å². The predicted octanol–water partition coefficient (Wildman–Crippen LogP) is 3.32. The van der Waals surface area contributed by atoms with E-state index >= 15 is 0 Å². The minimum absolute atomic E-state index is 0.110. The maximum atomic E-state index is 13.0. The number of hydrogen-bond acceptors (Lipinski definition) is 5. The maximum absolute atomic E-state index is 13.0. The molecule has 8 nitrogen and oxygen atoms in total. The fraction of sp³-hybridized carbons (Fsp3) is 0.217. The van der Waals surface area contributed by atoms with Crippen molar-refractivity contribution in [3.05, 3.63) is 76.2 Å². The number of aryl methyl sites for hydroxylation is 1. The van der Waals surface area contributed by atoms with E-state index in [0.717, 1.165) is 17.1 Å². The van der Waals surface area contributed by atoms with Gasteiger partial charge in [-0.2, -0.15) is 0 Å². The predicted molar refractivity (Wildman–Crippen MR) is 126 cm³/mol. The van der Waals surface area contributed by atoms with Crippen LogP contribution < -0.4 is 10.9 Å². The van der Waals surface area contributed by atoms with Crippen LogP contribution in [0.5, 0.6) is 0 Å². The summed E-state index contributed by atoms with van der Waals surface area (Å²) in [6.45, 7) is 3.84. The molecule has 0 aliphatic rings. The topological polar surface area (TPSA) is 86.7 Å². The standard InChI is InChI=1S/C23H24N6O2S/c1-15-10-12-17(13-11-15)21-25-26-23(27(21)3)32-14-19(30)24-20-16(2)28(4)29(22(20)31)18-8-6-5-7-9-18/h5-13H,14H2,1-4H3,(H,24,30). The van der Waals surface area contributed by atoms with Crippen LogP contribution in [-0.4, -0.2) is 35.8 Å². The van der Waals surface area contributed by atoms with Crippen LogP contribution in [0.3, 0.4) is 0 Å². The maximum Gasteiger partial charge on any atom is 0.295 e. The number of carbonyl (C=O) groups is 1. The van der Waals surface area contributed by atoms with Crippen LogP contribution in [0.1, 0.15) is 11.3 Å². The molecule has 4 rings (SSSR count). The van der Waals surface area contributed by atoms with E-state index in [2.05, 4.69) is 15.5 Å². The number of thioether (sulfide) groups is 1. The highest BCUT2D eigenvalue weighted by Crippen LogP contribution is 2.23. The highest BCUT2D eigenvalue weighted by molar-refractivity contribution is 7.99. The second-order valence-corrected chi connectivity index (χ2v) is 8.45. The molecule has 9 heteroatoms. The molecule has 0 unspecified atom stereocenters. The molecule has 0 bridgehead atoms. The molecule has 0 fully saturated rings. The van der Waals surface area contributed by atoms with Crippen molar-refractivity contribution in [3.8, 4) is 17.1 Å². The average molecular weight is 449 g/mol. The van der Waals surface area contributed by atoms with Gasteiger partial charge >= 0.3 is 0 Å². The number of nitrogens with zero attached hydrogens (tertiary/aromatic N) is 5. The normalized spacial score (nSPS) is 11.0. The lowest BCUT2D eigenvalue weighted by Crippen LogP contribution is -2.23. The highest BCUT2D eigenvalue weighted by Gasteiger charge is 2.19. The Kier molecular flexibility index (Phi) is 6.00. The van der Waals surface area contributed by atoms with Gasteiger partial charge in [-0.05, 0) is 26.0 Å². The summed E-state index contributed by atoms with van der Waals surface area (Å²) in [5, 5.41) is 11.9. The SMILES string of the molecule is Cc1ccc(-c2nnc(SCC(=O)Nc3c(C)n(C)n(-c4ccccc4)c3=O)n2C)cc1. The number of aromatic nitrogens is 5. The second-order valence-electron chi connectivity index (χ2n) is 7.50. The summed E-state index contributed by atoms with van der Waals surface area (Å²) in [5.41, 5.74) is 3.56. The Morgan fingerprint density at radius 1 is 1.00 bits per heavy atom. The van der Waals surface area contributed by atoms with Gasteiger partial charge in [-0.3, -0.25) is 14.3 Å². The average Bonchev–Trinajstić information content (AvgIpc) is 3.25. The smallest absolute Gasteiger partial charge is 0.295 e. The Morgan fingerprint density at radius 3 is 2.38 bits per heavy atom. The molecule has 0 radical (unpaired) electrons. The molecule has 32 heavy (non-hydrogen) atoms. The van der Waals surface area contributed by atoms with Crippen LogP contribution in [0, 0.1) is 13.8 Å². The van der Waals surface area contributed by atoms with Gasteiger partial charge in [-0.15, -0.1) is 10.2 Å². The fourth-order valence-corrected chi connectivity index (χ4v) is 4.12. The molecule has 0 saturated heterocycles. The largest absolute Gasteiger partial charge is 0.319 e. The zero-order valence-corrected chi connectivity index (χ0v) is 19.2. The van der Waals surface area contributed by atoms with E-state index in [9.17, 15) is 9.59 Å². The van der Waals surface area contributed by atoms with Gasteiger partial charge in [0.05, 0.1) is 17.1 Å². The van der Waals surface area contributed by atoms with E-state index < -0.39 is 0 Å². The molecule has 0 aliphatic carbocycles. The van der Waals surface area contributed by atoms with Crippen LogP contribution in [0.25, 0.3) is 17.1 Å². The quantitative estimate of drug-likeness (QED) is 0.457. The molecule has 2 aromatic carbocycles. The number of anilines is 1. The Labute approximate surface area is 189 Å². The van der Waals surface area contributed by atoms with E-state index in [1.165, 1.54) is 22.0 Å². The van der Waals surface area contributed by atoms with Crippen LogP contribution in [0.2, 0.25) is 0 Å². The van der Waals surface area contributed by atoms with Crippen LogP contribution in [-0.2, 0) is 18.9 Å². The van der Waals surface area contributed by atoms with Crippen molar-refractivity contribution in [2.75, 3.05) is 11.1 Å². The summed E-state index contributed by atoms with van der Waals surface area (Å²) in [4.78, 5) is 25.6. The molecule has 0 saturated carbocycles. The van der Waals surface area contributed by atoms with Crippen molar-refractivity contribution in [1.82, 2.24) is 24.1 Å². The highest BCUT2D eigenvalue weighted by atomic mass is 32.2. The van der Waals surface area contributed by atoms with Crippen molar-refractivity contribution in [3.63, 3.8) is 0 Å². The van der Waals surface area contributed by atoms with Gasteiger partial charge in [0.2, 0.25) is 5.91 Å². The Bertz CT molecular complexity index is 1320. The van der Waals surface area contributed by atoms with Crippen molar-refractivity contribution < 1.29 is 4.79 Å². The van der Waals surface area contributed by atoms with E-state index in [1.54, 1.807) is 18.7 Å². The summed E-state index contributed by atoms with van der Waals surface area (Å²) >= 11 is 1.27. The van der Waals surface area contributed by atoms with Crippen LogP contribution in [0.15, 0.2) is 64.5 Å². The number of amides is 1. The lowest BCUT2D eigenvalue weighted by molar-refractivity contribution is -0.113. The minimum Gasteiger partial charge on any atom is -0.319 e. The molecular formula is C23H24N6O2S. The number of nitrogens with one attached hydrogen (secondary N) is 1. The summed E-state index contributed by atoms with van der Waals surface area (Å²) in [6.07, 6.45) is 0. The van der Waals surface area contributed by atoms with Gasteiger partial charge in [0.1, 0.15) is 5.69 Å². The second kappa shape index (κ2) is 8.88. The van der Waals surface area contributed by atoms with Crippen molar-refractivity contribution in [2.45, 2.75) is 19.0 Å². The number of benzene rings is 2. The first-order chi connectivity index (χ1) is 15.4. The third-order valence-electron chi connectivity index (χ3n) is 5.30. The van der Waals surface area contributed by atoms with Gasteiger partial charge in [-0.25, -0.2) is 4.68 Å². The summed E-state index contributed by atoms with van der Waals surface area (Å²) in [7, 11) is 3.66. The molecular weight excluding hydrogens is 424 g/mol. The van der Waals surface area contributed by atoms with E-state index in [1.807, 2.05) is 73.1 Å². The van der Waals surface area contributed by atoms with Crippen LogP contribution >= 0.6 is 11.8 Å². The lowest BCUT2D eigenvalue weighted by Gasteiger charge is -2.07. The first kappa shape index (κ1) is 21.6. The summed E-state index contributed by atoms with van der Waals surface area (Å²) in [6, 6.07) is 17.4. The van der Waals surface area contributed by atoms with Crippen molar-refractivity contribution in [1.29, 1.82) is 0 Å². The van der Waals surface area contributed by atoms with Gasteiger partial charge in [0, 0.05) is 19.7 Å². The Morgan fingerprint density at radius 2 is 1.69 bits per heavy atom. The lowest BCUT2D eigenvalue weighted by atomic mass is 10.1. The van der Waals surface area contributed by atoms with Gasteiger partial charge in [0.25, 0.3) is 5.56 Å². The van der Waals surface area contributed by atoms with Crippen molar-refractivity contribution >= 4 is 23.4 Å². The molecule has 0 spiro atoms. The summed E-state index contributed by atoms with van der Waals surface area (Å²) in [5.74, 6) is 0.567. The molecule has 2 heterocycles. The minimum atomic E-state index is -0.277. The fourth-order valence-electron chi connectivity index (χ4n) is 3.41. The Hall–Kier alpha value is -3.59. The third-order valence-corrected chi connectivity index (χ3v) is 6.32. The Balaban J connectivity index is 1.48. The number of rotatable bonds is 6. The monoisotopic (exact) mass is 448 g/mol. The number of para-hydroxylation sites is 1. The molecule has 0 atom stereocenters. The van der Waals surface area contributed by atoms with E-state index in [0.29, 0.717) is 10.9 Å². The third kappa shape index (κ3) is 4.11. The molecule has 164 valence electrons. The zero-order chi connectivity index (χ0) is 22.8. The van der Waals surface area contributed by atoms with Gasteiger partial charge in [0.15, 0.2) is 11.0 Å². The first-order valence-electron chi connectivity index (χ1n) is 10.1. The van der Waals surface area contributed by atoms with Gasteiger partial charge in [-0.1, -0.05) is 59.8 Å². The molecule has 1 N–H and O–H groups in total. The number of hydrogen-bond donors (Lipinski definition) is 1. The van der Waals surface area contributed by atoms with E-state index in [4.69, 9.17) is 0 Å².